The van der Waals surface area contributed by atoms with Crippen LogP contribution >= 0.6 is 11.3 Å². The van der Waals surface area contributed by atoms with Gasteiger partial charge in [0, 0.05) is 12.8 Å². The Labute approximate surface area is 130 Å². The smallest absolute Gasteiger partial charge is 0.156 e. The fourth-order valence-electron chi connectivity index (χ4n) is 1.91. The van der Waals surface area contributed by atoms with Crippen LogP contribution in [0.4, 0.5) is 0 Å². The predicted octanol–water partition coefficient (Wildman–Crippen LogP) is 3.03. The van der Waals surface area contributed by atoms with Crippen LogP contribution in [-0.4, -0.2) is 26.2 Å². The molecule has 21 heavy (non-hydrogen) atoms. The Balaban J connectivity index is 2.45. The summed E-state index contributed by atoms with van der Waals surface area (Å²) in [5.74, 6) is 0. The standard InChI is InChI=1S/C15H20N2O2S2/c1-4-16-10-13-14(12-8-6-5-7-9-12)20-15(17-13)11(2)21(3,18)19/h5-9,11,16H,4,10H2,1-3H3. The lowest BCUT2D eigenvalue weighted by molar-refractivity contribution is 0.591. The summed E-state index contributed by atoms with van der Waals surface area (Å²) in [6.07, 6.45) is 1.26. The maximum Gasteiger partial charge on any atom is 0.156 e. The summed E-state index contributed by atoms with van der Waals surface area (Å²) in [6, 6.07) is 9.97. The fraction of sp³-hybridized carbons (Fsp3) is 0.400. The summed E-state index contributed by atoms with van der Waals surface area (Å²) >= 11 is 1.47. The van der Waals surface area contributed by atoms with Gasteiger partial charge in [0.2, 0.25) is 0 Å². The van der Waals surface area contributed by atoms with E-state index in [2.05, 4.69) is 10.3 Å². The minimum atomic E-state index is -3.13. The van der Waals surface area contributed by atoms with Crippen molar-refractivity contribution < 1.29 is 8.42 Å². The van der Waals surface area contributed by atoms with Gasteiger partial charge in [-0.3, -0.25) is 0 Å². The third kappa shape index (κ3) is 3.90. The monoisotopic (exact) mass is 324 g/mol. The first kappa shape index (κ1) is 16.1. The number of nitrogens with one attached hydrogen (secondary N) is 1. The molecule has 0 spiro atoms. The summed E-state index contributed by atoms with van der Waals surface area (Å²) < 4.78 is 23.5. The molecule has 1 aromatic carbocycles. The minimum absolute atomic E-state index is 0.569. The Morgan fingerprint density at radius 2 is 1.95 bits per heavy atom. The molecule has 0 radical (unpaired) electrons. The second kappa shape index (κ2) is 6.68. The first-order valence-electron chi connectivity index (χ1n) is 6.88. The molecule has 0 aliphatic heterocycles. The van der Waals surface area contributed by atoms with Crippen LogP contribution in [0.2, 0.25) is 0 Å². The molecule has 1 unspecified atom stereocenters. The average molecular weight is 324 g/mol. The number of hydrogen-bond acceptors (Lipinski definition) is 5. The first-order valence-corrected chi connectivity index (χ1v) is 9.65. The summed E-state index contributed by atoms with van der Waals surface area (Å²) in [6.45, 7) is 5.23. The van der Waals surface area contributed by atoms with Gasteiger partial charge in [-0.15, -0.1) is 11.3 Å². The topological polar surface area (TPSA) is 59.1 Å². The zero-order chi connectivity index (χ0) is 15.5. The Morgan fingerprint density at radius 3 is 2.52 bits per heavy atom. The van der Waals surface area contributed by atoms with Gasteiger partial charge < -0.3 is 5.32 Å². The molecular weight excluding hydrogens is 304 g/mol. The molecule has 1 N–H and O–H groups in total. The first-order chi connectivity index (χ1) is 9.93. The van der Waals surface area contributed by atoms with Crippen molar-refractivity contribution in [3.8, 4) is 10.4 Å². The molecule has 0 saturated carbocycles. The Hall–Kier alpha value is -1.24. The van der Waals surface area contributed by atoms with E-state index in [1.165, 1.54) is 17.6 Å². The lowest BCUT2D eigenvalue weighted by Crippen LogP contribution is -2.13. The van der Waals surface area contributed by atoms with E-state index in [0.717, 1.165) is 22.7 Å². The van der Waals surface area contributed by atoms with Gasteiger partial charge in [-0.1, -0.05) is 37.3 Å². The number of thiazole rings is 1. The normalized spacial score (nSPS) is 13.3. The highest BCUT2D eigenvalue weighted by Gasteiger charge is 2.23. The van der Waals surface area contributed by atoms with E-state index in [9.17, 15) is 8.42 Å². The van der Waals surface area contributed by atoms with Crippen molar-refractivity contribution in [2.75, 3.05) is 12.8 Å². The number of sulfone groups is 1. The van der Waals surface area contributed by atoms with Gasteiger partial charge in [-0.2, -0.15) is 0 Å². The van der Waals surface area contributed by atoms with Crippen LogP contribution in [0.1, 0.15) is 29.8 Å². The maximum atomic E-state index is 11.8. The highest BCUT2D eigenvalue weighted by molar-refractivity contribution is 7.91. The molecule has 0 aliphatic rings. The highest BCUT2D eigenvalue weighted by Crippen LogP contribution is 2.35. The predicted molar refractivity (Wildman–Crippen MR) is 88.2 cm³/mol. The van der Waals surface area contributed by atoms with E-state index >= 15 is 0 Å². The Kier molecular flexibility index (Phi) is 5.13. The van der Waals surface area contributed by atoms with Gasteiger partial charge in [0.25, 0.3) is 0 Å². The minimum Gasteiger partial charge on any atom is -0.311 e. The number of benzene rings is 1. The molecule has 6 heteroatoms. The second-order valence-electron chi connectivity index (χ2n) is 4.95. The molecule has 0 bridgehead atoms. The van der Waals surface area contributed by atoms with Gasteiger partial charge in [0.15, 0.2) is 9.84 Å². The number of hydrogen-bond donors (Lipinski definition) is 1. The zero-order valence-corrected chi connectivity index (χ0v) is 14.1. The van der Waals surface area contributed by atoms with Crippen molar-refractivity contribution in [2.24, 2.45) is 0 Å². The maximum absolute atomic E-state index is 11.8. The van der Waals surface area contributed by atoms with Crippen LogP contribution in [0.5, 0.6) is 0 Å². The summed E-state index contributed by atoms with van der Waals surface area (Å²) in [4.78, 5) is 5.61. The van der Waals surface area contributed by atoms with Gasteiger partial charge >= 0.3 is 0 Å². The molecule has 2 aromatic rings. The largest absolute Gasteiger partial charge is 0.311 e. The van der Waals surface area contributed by atoms with Crippen molar-refractivity contribution in [3.63, 3.8) is 0 Å². The van der Waals surface area contributed by atoms with E-state index in [0.29, 0.717) is 11.6 Å². The average Bonchev–Trinajstić information content (AvgIpc) is 2.88. The second-order valence-corrected chi connectivity index (χ2v) is 8.34. The lowest BCUT2D eigenvalue weighted by Gasteiger charge is -2.04. The molecule has 0 saturated heterocycles. The number of aromatic nitrogens is 1. The Morgan fingerprint density at radius 1 is 1.29 bits per heavy atom. The molecular formula is C15H20N2O2S2. The molecule has 1 atom stereocenters. The van der Waals surface area contributed by atoms with Gasteiger partial charge in [-0.25, -0.2) is 13.4 Å². The highest BCUT2D eigenvalue weighted by atomic mass is 32.2. The van der Waals surface area contributed by atoms with Crippen LogP contribution in [0.25, 0.3) is 10.4 Å². The van der Waals surface area contributed by atoms with E-state index in [4.69, 9.17) is 0 Å². The molecule has 1 heterocycles. The number of nitrogens with zero attached hydrogens (tertiary/aromatic N) is 1. The molecule has 4 nitrogen and oxygen atoms in total. The van der Waals surface area contributed by atoms with E-state index in [1.54, 1.807) is 6.92 Å². The van der Waals surface area contributed by atoms with Gasteiger partial charge in [0.05, 0.1) is 10.6 Å². The molecule has 1 aromatic heterocycles. The van der Waals surface area contributed by atoms with Crippen molar-refractivity contribution in [1.29, 1.82) is 0 Å². The van der Waals surface area contributed by atoms with Crippen molar-refractivity contribution in [2.45, 2.75) is 25.6 Å². The number of rotatable bonds is 6. The van der Waals surface area contributed by atoms with Crippen molar-refractivity contribution in [3.05, 3.63) is 41.0 Å². The van der Waals surface area contributed by atoms with Crippen LogP contribution in [0.15, 0.2) is 30.3 Å². The third-order valence-electron chi connectivity index (χ3n) is 3.28. The zero-order valence-electron chi connectivity index (χ0n) is 12.5. The quantitative estimate of drug-likeness (QED) is 0.887. The molecule has 0 fully saturated rings. The lowest BCUT2D eigenvalue weighted by atomic mass is 10.1. The van der Waals surface area contributed by atoms with Crippen LogP contribution in [0.3, 0.4) is 0 Å². The SMILES string of the molecule is CCNCc1nc(C(C)S(C)(=O)=O)sc1-c1ccccc1. The molecule has 2 rings (SSSR count). The van der Waals surface area contributed by atoms with Crippen LogP contribution < -0.4 is 5.32 Å². The van der Waals surface area contributed by atoms with Gasteiger partial charge in [0.1, 0.15) is 10.3 Å². The van der Waals surface area contributed by atoms with Crippen LogP contribution in [-0.2, 0) is 16.4 Å². The van der Waals surface area contributed by atoms with Crippen LogP contribution in [0, 0.1) is 0 Å². The van der Waals surface area contributed by atoms with Crippen molar-refractivity contribution >= 4 is 21.2 Å². The van der Waals surface area contributed by atoms with E-state index < -0.39 is 15.1 Å². The van der Waals surface area contributed by atoms with E-state index in [1.807, 2.05) is 37.3 Å². The van der Waals surface area contributed by atoms with Gasteiger partial charge in [-0.05, 0) is 19.0 Å². The molecule has 0 amide bonds. The summed E-state index contributed by atoms with van der Waals surface area (Å²) in [7, 11) is -3.13. The molecule has 0 aliphatic carbocycles. The molecule has 114 valence electrons. The summed E-state index contributed by atoms with van der Waals surface area (Å²) in [5, 5.41) is 3.35. The van der Waals surface area contributed by atoms with Crippen molar-refractivity contribution in [1.82, 2.24) is 10.3 Å². The Bertz CT molecular complexity index is 694. The van der Waals surface area contributed by atoms with E-state index in [-0.39, 0.29) is 0 Å². The fourth-order valence-corrected chi connectivity index (χ4v) is 4.01. The summed E-state index contributed by atoms with van der Waals surface area (Å²) in [5.41, 5.74) is 1.99. The third-order valence-corrected chi connectivity index (χ3v) is 6.27.